The van der Waals surface area contributed by atoms with E-state index in [1.807, 2.05) is 13.8 Å². The summed E-state index contributed by atoms with van der Waals surface area (Å²) in [5.41, 5.74) is -1.81. The maximum atomic E-state index is 12.4. The predicted molar refractivity (Wildman–Crippen MR) is 78.9 cm³/mol. The summed E-state index contributed by atoms with van der Waals surface area (Å²) in [7, 11) is 1.28. The van der Waals surface area contributed by atoms with E-state index in [0.29, 0.717) is 3.39 Å². The summed E-state index contributed by atoms with van der Waals surface area (Å²) < 4.78 is 10.8. The quantitative estimate of drug-likeness (QED) is 0.539. The highest BCUT2D eigenvalue weighted by atomic mass is 79.9. The van der Waals surface area contributed by atoms with Crippen molar-refractivity contribution < 1.29 is 19.1 Å². The Morgan fingerprint density at radius 2 is 1.74 bits per heavy atom. The van der Waals surface area contributed by atoms with Gasteiger partial charge in [-0.3, -0.25) is 9.59 Å². The molecular weight excluding hydrogens is 380 g/mol. The fourth-order valence-corrected chi connectivity index (χ4v) is 3.12. The molecule has 1 fully saturated rings. The average Bonchev–Trinajstić information content (AvgIpc) is 2.73. The molecule has 19 heavy (non-hydrogen) atoms. The monoisotopic (exact) mass is 396 g/mol. The van der Waals surface area contributed by atoms with Gasteiger partial charge in [0, 0.05) is 11.3 Å². The van der Waals surface area contributed by atoms with Crippen molar-refractivity contribution in [1.29, 1.82) is 0 Å². The van der Waals surface area contributed by atoms with Crippen molar-refractivity contribution in [2.75, 3.05) is 7.11 Å². The Balaban J connectivity index is 3.21. The van der Waals surface area contributed by atoms with Crippen molar-refractivity contribution in [1.82, 2.24) is 0 Å². The zero-order chi connectivity index (χ0) is 15.0. The molecule has 4 nitrogen and oxygen atoms in total. The summed E-state index contributed by atoms with van der Waals surface area (Å²) in [5, 5.41) is 0. The molecule has 0 spiro atoms. The highest BCUT2D eigenvalue weighted by molar-refractivity contribution is 9.28. The predicted octanol–water partition coefficient (Wildman–Crippen LogP) is 3.38. The lowest BCUT2D eigenvalue weighted by Crippen LogP contribution is -2.35. The minimum atomic E-state index is -1.27. The Bertz CT molecular complexity index is 424. The molecule has 2 atom stereocenters. The molecular formula is C13H18Br2O4. The van der Waals surface area contributed by atoms with Gasteiger partial charge in [-0.1, -0.05) is 19.9 Å². The molecule has 0 bridgehead atoms. The van der Waals surface area contributed by atoms with E-state index in [4.69, 9.17) is 9.47 Å². The smallest absolute Gasteiger partial charge is 0.324 e. The number of hydrogen-bond acceptors (Lipinski definition) is 4. The normalized spacial score (nSPS) is 27.7. The number of carbonyl (C=O) groups excluding carboxylic acids is 2. The summed E-state index contributed by atoms with van der Waals surface area (Å²) in [6.45, 7) is 7.22. The van der Waals surface area contributed by atoms with Crippen LogP contribution in [-0.2, 0) is 19.1 Å². The molecule has 2 unspecified atom stereocenters. The van der Waals surface area contributed by atoms with Gasteiger partial charge >= 0.3 is 11.9 Å². The van der Waals surface area contributed by atoms with E-state index in [-0.39, 0.29) is 12.0 Å². The van der Waals surface area contributed by atoms with Gasteiger partial charge in [0.05, 0.1) is 16.6 Å². The molecule has 1 aliphatic rings. The third-order valence-electron chi connectivity index (χ3n) is 3.64. The van der Waals surface area contributed by atoms with Crippen LogP contribution < -0.4 is 0 Å². The van der Waals surface area contributed by atoms with E-state index in [9.17, 15) is 9.59 Å². The van der Waals surface area contributed by atoms with Crippen LogP contribution in [0.15, 0.2) is 9.47 Å². The van der Waals surface area contributed by atoms with E-state index in [2.05, 4.69) is 31.9 Å². The van der Waals surface area contributed by atoms with Gasteiger partial charge in [-0.2, -0.15) is 0 Å². The van der Waals surface area contributed by atoms with E-state index >= 15 is 0 Å². The lowest BCUT2D eigenvalue weighted by molar-refractivity contribution is -0.167. The minimum Gasteiger partial charge on any atom is -0.468 e. The highest BCUT2D eigenvalue weighted by Gasteiger charge is 2.81. The number of rotatable bonds is 4. The average molecular weight is 398 g/mol. The van der Waals surface area contributed by atoms with Gasteiger partial charge in [0.15, 0.2) is 5.41 Å². The second-order valence-electron chi connectivity index (χ2n) is 5.41. The minimum absolute atomic E-state index is 0.271. The van der Waals surface area contributed by atoms with E-state index in [1.165, 1.54) is 7.11 Å². The molecule has 0 heterocycles. The maximum Gasteiger partial charge on any atom is 0.324 e. The fraction of sp³-hybridized carbons (Fsp3) is 0.692. The standard InChI is InChI=1S/C13H18Br2O4/c1-7(2)19-11(17)13(10(16)18-5)8(6-9(14)15)12(13,3)4/h6-8H,1-5H3. The highest BCUT2D eigenvalue weighted by Crippen LogP contribution is 2.71. The first-order valence-corrected chi connectivity index (χ1v) is 7.53. The maximum absolute atomic E-state index is 12.4. The topological polar surface area (TPSA) is 52.6 Å². The Labute approximate surface area is 130 Å². The Morgan fingerprint density at radius 3 is 2.11 bits per heavy atom. The zero-order valence-corrected chi connectivity index (χ0v) is 14.8. The number of ether oxygens (including phenoxy) is 2. The summed E-state index contributed by atoms with van der Waals surface area (Å²) in [5.74, 6) is -1.35. The van der Waals surface area contributed by atoms with Gasteiger partial charge in [0.25, 0.3) is 0 Å². The molecule has 0 aromatic heterocycles. The van der Waals surface area contributed by atoms with Crippen LogP contribution in [-0.4, -0.2) is 25.2 Å². The molecule has 108 valence electrons. The molecule has 1 rings (SSSR count). The van der Waals surface area contributed by atoms with Gasteiger partial charge in [-0.05, 0) is 45.7 Å². The molecule has 0 amide bonds. The summed E-state index contributed by atoms with van der Waals surface area (Å²) in [6.07, 6.45) is 1.51. The van der Waals surface area contributed by atoms with Crippen LogP contribution >= 0.6 is 31.9 Å². The number of hydrogen-bond donors (Lipinski definition) is 0. The Hall–Kier alpha value is -0.360. The number of halogens is 2. The molecule has 0 N–H and O–H groups in total. The van der Waals surface area contributed by atoms with Gasteiger partial charge < -0.3 is 9.47 Å². The molecule has 0 radical (unpaired) electrons. The molecule has 0 saturated heterocycles. The second-order valence-corrected chi connectivity index (χ2v) is 8.18. The van der Waals surface area contributed by atoms with E-state index < -0.39 is 22.8 Å². The molecule has 6 heteroatoms. The molecule has 0 aliphatic heterocycles. The van der Waals surface area contributed by atoms with Crippen molar-refractivity contribution in [2.24, 2.45) is 16.7 Å². The molecule has 1 aliphatic carbocycles. The first-order chi connectivity index (χ1) is 8.62. The number of allylic oxidation sites excluding steroid dienone is 1. The number of methoxy groups -OCH3 is 1. The zero-order valence-electron chi connectivity index (χ0n) is 11.6. The van der Waals surface area contributed by atoms with Crippen LogP contribution in [0.4, 0.5) is 0 Å². The van der Waals surface area contributed by atoms with Crippen molar-refractivity contribution in [3.8, 4) is 0 Å². The van der Waals surface area contributed by atoms with E-state index in [1.54, 1.807) is 19.9 Å². The molecule has 0 aromatic carbocycles. The van der Waals surface area contributed by atoms with Crippen LogP contribution in [0.5, 0.6) is 0 Å². The van der Waals surface area contributed by atoms with Crippen molar-refractivity contribution in [3.05, 3.63) is 9.47 Å². The van der Waals surface area contributed by atoms with Gasteiger partial charge in [0.1, 0.15) is 0 Å². The Kier molecular flexibility index (Phi) is 4.88. The van der Waals surface area contributed by atoms with Gasteiger partial charge in [0.2, 0.25) is 0 Å². The molecule has 0 aromatic rings. The van der Waals surface area contributed by atoms with Crippen molar-refractivity contribution >= 4 is 43.8 Å². The Morgan fingerprint density at radius 1 is 1.21 bits per heavy atom. The summed E-state index contributed by atoms with van der Waals surface area (Å²) >= 11 is 6.53. The van der Waals surface area contributed by atoms with Crippen LogP contribution in [0.3, 0.4) is 0 Å². The lowest BCUT2D eigenvalue weighted by Gasteiger charge is -2.18. The number of carbonyl (C=O) groups is 2. The van der Waals surface area contributed by atoms with Gasteiger partial charge in [-0.25, -0.2) is 0 Å². The summed E-state index contributed by atoms with van der Waals surface area (Å²) in [6, 6.07) is 0. The van der Waals surface area contributed by atoms with Crippen LogP contribution in [0.25, 0.3) is 0 Å². The van der Waals surface area contributed by atoms with Crippen molar-refractivity contribution in [3.63, 3.8) is 0 Å². The largest absolute Gasteiger partial charge is 0.468 e. The first kappa shape index (κ1) is 16.7. The van der Waals surface area contributed by atoms with Crippen LogP contribution in [0.2, 0.25) is 0 Å². The third-order valence-corrected chi connectivity index (χ3v) is 4.17. The lowest BCUT2D eigenvalue weighted by atomic mass is 9.96. The fourth-order valence-electron chi connectivity index (χ4n) is 2.59. The van der Waals surface area contributed by atoms with E-state index in [0.717, 1.165) is 0 Å². The van der Waals surface area contributed by atoms with Gasteiger partial charge in [-0.15, -0.1) is 0 Å². The van der Waals surface area contributed by atoms with Crippen molar-refractivity contribution in [2.45, 2.75) is 33.8 Å². The third kappa shape index (κ3) is 2.61. The van der Waals surface area contributed by atoms with Crippen LogP contribution in [0.1, 0.15) is 27.7 Å². The first-order valence-electron chi connectivity index (χ1n) is 5.94. The summed E-state index contributed by atoms with van der Waals surface area (Å²) in [4.78, 5) is 24.5. The number of esters is 2. The second kappa shape index (κ2) is 5.56. The molecule has 1 saturated carbocycles. The van der Waals surface area contributed by atoms with Crippen LogP contribution in [0, 0.1) is 16.7 Å². The SMILES string of the molecule is COC(=O)C1(C(=O)OC(C)C)C(C=C(Br)Br)C1(C)C.